The van der Waals surface area contributed by atoms with Gasteiger partial charge in [-0.05, 0) is 12.1 Å². The lowest BCUT2D eigenvalue weighted by atomic mass is 10.2. The monoisotopic (exact) mass is 254 g/mol. The molecule has 3 heterocycles. The zero-order chi connectivity index (χ0) is 12.3. The number of rotatable bonds is 0. The van der Waals surface area contributed by atoms with Crippen LogP contribution < -0.4 is 5.73 Å². The van der Waals surface area contributed by atoms with Crippen molar-refractivity contribution in [2.24, 2.45) is 7.05 Å². The number of hydrogen-bond donors (Lipinski definition) is 1. The summed E-state index contributed by atoms with van der Waals surface area (Å²) >= 11 is 1.69. The summed E-state index contributed by atoms with van der Waals surface area (Å²) in [4.78, 5) is 9.89. The van der Waals surface area contributed by atoms with Gasteiger partial charge >= 0.3 is 0 Å². The molecule has 0 spiro atoms. The van der Waals surface area contributed by atoms with Gasteiger partial charge in [0.1, 0.15) is 4.83 Å². The molecule has 0 aliphatic rings. The van der Waals surface area contributed by atoms with Crippen LogP contribution in [0.5, 0.6) is 0 Å². The molecular weight excluding hydrogens is 244 g/mol. The van der Waals surface area contributed by atoms with E-state index in [-0.39, 0.29) is 0 Å². The van der Waals surface area contributed by atoms with Crippen LogP contribution in [0.3, 0.4) is 0 Å². The fourth-order valence-corrected chi connectivity index (χ4v) is 3.32. The number of pyridine rings is 1. The molecule has 0 bridgehead atoms. The molecule has 0 saturated heterocycles. The summed E-state index contributed by atoms with van der Waals surface area (Å²) in [6.45, 7) is 0. The highest BCUT2D eigenvalue weighted by Crippen LogP contribution is 2.34. The highest BCUT2D eigenvalue weighted by molar-refractivity contribution is 7.25. The fourth-order valence-electron chi connectivity index (χ4n) is 2.27. The van der Waals surface area contributed by atoms with Crippen molar-refractivity contribution in [3.8, 4) is 0 Å². The molecule has 0 radical (unpaired) electrons. The van der Waals surface area contributed by atoms with Gasteiger partial charge in [-0.3, -0.25) is 0 Å². The Labute approximate surface area is 107 Å². The molecule has 5 heteroatoms. The van der Waals surface area contributed by atoms with Crippen LogP contribution in [-0.2, 0) is 7.05 Å². The zero-order valence-corrected chi connectivity index (χ0v) is 10.5. The van der Waals surface area contributed by atoms with E-state index in [0.717, 1.165) is 10.3 Å². The van der Waals surface area contributed by atoms with E-state index in [4.69, 9.17) is 5.73 Å². The summed E-state index contributed by atoms with van der Waals surface area (Å²) in [5.41, 5.74) is 7.50. The summed E-state index contributed by atoms with van der Waals surface area (Å²) in [6.07, 6.45) is 0. The predicted molar refractivity (Wildman–Crippen MR) is 75.8 cm³/mol. The predicted octanol–water partition coefficient (Wildman–Crippen LogP) is 2.92. The molecule has 4 rings (SSSR count). The van der Waals surface area contributed by atoms with Crippen LogP contribution >= 0.6 is 11.3 Å². The number of hydrogen-bond acceptors (Lipinski definition) is 4. The molecule has 4 aromatic rings. The maximum Gasteiger partial charge on any atom is 0.202 e. The normalized spacial score (nSPS) is 11.8. The second-order valence-corrected chi connectivity index (χ2v) is 5.34. The number of thiophene rings is 1. The molecule has 88 valence electrons. The van der Waals surface area contributed by atoms with Crippen LogP contribution in [0.25, 0.3) is 31.5 Å². The molecule has 3 aromatic heterocycles. The van der Waals surface area contributed by atoms with Gasteiger partial charge < -0.3 is 10.3 Å². The molecule has 4 nitrogen and oxygen atoms in total. The average Bonchev–Trinajstić information content (AvgIpc) is 2.86. The maximum atomic E-state index is 5.81. The van der Waals surface area contributed by atoms with E-state index < -0.39 is 0 Å². The smallest absolute Gasteiger partial charge is 0.202 e. The van der Waals surface area contributed by atoms with E-state index in [1.165, 1.54) is 15.5 Å². The third kappa shape index (κ3) is 1.14. The van der Waals surface area contributed by atoms with Crippen LogP contribution in [0.4, 0.5) is 5.95 Å². The van der Waals surface area contributed by atoms with Crippen LogP contribution in [0.15, 0.2) is 30.3 Å². The van der Waals surface area contributed by atoms with Crippen LogP contribution in [-0.4, -0.2) is 14.5 Å². The Morgan fingerprint density at radius 3 is 2.89 bits per heavy atom. The van der Waals surface area contributed by atoms with Gasteiger partial charge in [-0.1, -0.05) is 18.2 Å². The number of nitrogen functional groups attached to an aromatic ring is 1. The quantitative estimate of drug-likeness (QED) is 0.525. The first kappa shape index (κ1) is 9.85. The Morgan fingerprint density at radius 2 is 2.00 bits per heavy atom. The largest absolute Gasteiger partial charge is 0.369 e. The third-order valence-corrected chi connectivity index (χ3v) is 4.34. The first-order valence-corrected chi connectivity index (χ1v) is 6.46. The van der Waals surface area contributed by atoms with E-state index in [9.17, 15) is 0 Å². The fraction of sp³-hybridized carbons (Fsp3) is 0.0769. The molecule has 0 fully saturated rings. The minimum absolute atomic E-state index is 0.499. The summed E-state index contributed by atoms with van der Waals surface area (Å²) in [6, 6.07) is 10.5. The average molecular weight is 254 g/mol. The van der Waals surface area contributed by atoms with Gasteiger partial charge in [-0.25, -0.2) is 4.98 Å². The van der Waals surface area contributed by atoms with E-state index in [2.05, 4.69) is 34.2 Å². The molecule has 0 aliphatic carbocycles. The molecule has 0 atom stereocenters. The Morgan fingerprint density at radius 1 is 1.17 bits per heavy atom. The lowest BCUT2D eigenvalue weighted by Crippen LogP contribution is -1.95. The molecule has 0 unspecified atom stereocenters. The van der Waals surface area contributed by atoms with Gasteiger partial charge in [-0.2, -0.15) is 4.98 Å². The van der Waals surface area contributed by atoms with Gasteiger partial charge in [0, 0.05) is 22.5 Å². The van der Waals surface area contributed by atoms with Crippen molar-refractivity contribution in [3.63, 3.8) is 0 Å². The zero-order valence-electron chi connectivity index (χ0n) is 9.71. The minimum Gasteiger partial charge on any atom is -0.369 e. The molecular formula is C13H10N4S. The molecule has 18 heavy (non-hydrogen) atoms. The van der Waals surface area contributed by atoms with E-state index in [0.29, 0.717) is 11.6 Å². The topological polar surface area (TPSA) is 56.7 Å². The highest BCUT2D eigenvalue weighted by atomic mass is 32.1. The number of imidazole rings is 1. The summed E-state index contributed by atoms with van der Waals surface area (Å²) in [7, 11) is 1.91. The van der Waals surface area contributed by atoms with Gasteiger partial charge in [-0.15, -0.1) is 11.3 Å². The van der Waals surface area contributed by atoms with Crippen molar-refractivity contribution < 1.29 is 0 Å². The summed E-state index contributed by atoms with van der Waals surface area (Å²) in [5.74, 6) is 0.499. The van der Waals surface area contributed by atoms with E-state index in [1.807, 2.05) is 17.7 Å². The Kier molecular flexibility index (Phi) is 1.75. The van der Waals surface area contributed by atoms with Crippen molar-refractivity contribution in [2.45, 2.75) is 0 Å². The van der Waals surface area contributed by atoms with E-state index in [1.54, 1.807) is 11.3 Å². The van der Waals surface area contributed by atoms with Gasteiger partial charge in [0.25, 0.3) is 0 Å². The maximum absolute atomic E-state index is 5.81. The molecule has 0 amide bonds. The number of benzene rings is 1. The van der Waals surface area contributed by atoms with Crippen molar-refractivity contribution in [1.82, 2.24) is 14.5 Å². The Hall–Kier alpha value is -2.14. The molecule has 1 aromatic carbocycles. The SMILES string of the molecule is Cn1c(N)nc2nc3sc4ccccc4c3cc21. The lowest BCUT2D eigenvalue weighted by molar-refractivity contribution is 0.966. The van der Waals surface area contributed by atoms with Crippen molar-refractivity contribution in [1.29, 1.82) is 0 Å². The lowest BCUT2D eigenvalue weighted by Gasteiger charge is -1.96. The molecule has 0 saturated carbocycles. The van der Waals surface area contributed by atoms with Crippen molar-refractivity contribution in [3.05, 3.63) is 30.3 Å². The van der Waals surface area contributed by atoms with Gasteiger partial charge in [0.2, 0.25) is 5.95 Å². The molecule has 2 N–H and O–H groups in total. The highest BCUT2D eigenvalue weighted by Gasteiger charge is 2.11. The van der Waals surface area contributed by atoms with E-state index >= 15 is 0 Å². The number of nitrogens with zero attached hydrogens (tertiary/aromatic N) is 3. The Balaban J connectivity index is 2.26. The van der Waals surface area contributed by atoms with Crippen molar-refractivity contribution in [2.75, 3.05) is 5.73 Å². The number of fused-ring (bicyclic) bond motifs is 4. The molecule has 0 aliphatic heterocycles. The first-order valence-electron chi connectivity index (χ1n) is 5.64. The third-order valence-electron chi connectivity index (χ3n) is 3.26. The minimum atomic E-state index is 0.499. The van der Waals surface area contributed by atoms with Gasteiger partial charge in [0.05, 0.1) is 5.52 Å². The number of aromatic nitrogens is 3. The number of aryl methyl sites for hydroxylation is 1. The van der Waals surface area contributed by atoms with Crippen LogP contribution in [0.1, 0.15) is 0 Å². The van der Waals surface area contributed by atoms with Crippen LogP contribution in [0.2, 0.25) is 0 Å². The second-order valence-electron chi connectivity index (χ2n) is 4.31. The standard InChI is InChI=1S/C13H10N4S/c1-17-9-6-8-7-4-2-3-5-10(7)18-12(8)15-11(9)16-13(17)14/h2-6H,1H3,(H2,14,15,16). The van der Waals surface area contributed by atoms with Gasteiger partial charge in [0.15, 0.2) is 5.65 Å². The summed E-state index contributed by atoms with van der Waals surface area (Å²) < 4.78 is 3.12. The number of anilines is 1. The Bertz CT molecular complexity index is 903. The van der Waals surface area contributed by atoms with Crippen LogP contribution in [0, 0.1) is 0 Å². The second kappa shape index (κ2) is 3.20. The number of nitrogens with two attached hydrogens (primary N) is 1. The van der Waals surface area contributed by atoms with Crippen molar-refractivity contribution >= 4 is 48.8 Å². The summed E-state index contributed by atoms with van der Waals surface area (Å²) in [5, 5.41) is 2.41. The first-order chi connectivity index (χ1) is 8.74.